The maximum atomic E-state index is 5.91. The first-order chi connectivity index (χ1) is 9.13. The first-order valence-corrected chi connectivity index (χ1v) is 7.56. The van der Waals surface area contributed by atoms with Crippen molar-refractivity contribution in [3.05, 3.63) is 35.4 Å². The topological polar surface area (TPSA) is 21.3 Å². The molecule has 0 aromatic heterocycles. The SMILES string of the molecule is CC(C)CC(C)OCc1cccc(CNC2CC2)c1. The Morgan fingerprint density at radius 2 is 1.95 bits per heavy atom. The summed E-state index contributed by atoms with van der Waals surface area (Å²) in [7, 11) is 0. The van der Waals surface area contributed by atoms with Crippen LogP contribution in [-0.4, -0.2) is 12.1 Å². The van der Waals surface area contributed by atoms with Gasteiger partial charge in [0, 0.05) is 12.6 Å². The van der Waals surface area contributed by atoms with Crippen molar-refractivity contribution in [1.29, 1.82) is 0 Å². The molecule has 2 heteroatoms. The van der Waals surface area contributed by atoms with Crippen LogP contribution < -0.4 is 5.32 Å². The minimum Gasteiger partial charge on any atom is -0.374 e. The Balaban J connectivity index is 1.77. The fourth-order valence-corrected chi connectivity index (χ4v) is 2.35. The van der Waals surface area contributed by atoms with E-state index in [2.05, 4.69) is 50.4 Å². The molecule has 1 aromatic rings. The van der Waals surface area contributed by atoms with Crippen molar-refractivity contribution in [1.82, 2.24) is 5.32 Å². The molecule has 0 bridgehead atoms. The van der Waals surface area contributed by atoms with E-state index in [0.717, 1.165) is 25.6 Å². The quantitative estimate of drug-likeness (QED) is 0.766. The number of hydrogen-bond donors (Lipinski definition) is 1. The summed E-state index contributed by atoms with van der Waals surface area (Å²) in [5, 5.41) is 3.55. The molecule has 0 aliphatic heterocycles. The molecule has 1 atom stereocenters. The van der Waals surface area contributed by atoms with Crippen molar-refractivity contribution in [2.45, 2.75) is 65.3 Å². The molecule has 0 radical (unpaired) electrons. The first-order valence-electron chi connectivity index (χ1n) is 7.56. The molecule has 1 fully saturated rings. The Hall–Kier alpha value is -0.860. The summed E-state index contributed by atoms with van der Waals surface area (Å²) in [5.41, 5.74) is 2.65. The van der Waals surface area contributed by atoms with E-state index in [1.165, 1.54) is 24.0 Å². The maximum Gasteiger partial charge on any atom is 0.0720 e. The Morgan fingerprint density at radius 3 is 2.63 bits per heavy atom. The van der Waals surface area contributed by atoms with Gasteiger partial charge in [0.25, 0.3) is 0 Å². The minimum atomic E-state index is 0.341. The lowest BCUT2D eigenvalue weighted by atomic mass is 10.1. The molecule has 1 aliphatic rings. The number of rotatable bonds is 8. The number of benzene rings is 1. The Kier molecular flexibility index (Phi) is 5.41. The van der Waals surface area contributed by atoms with Crippen molar-refractivity contribution in [2.24, 2.45) is 5.92 Å². The molecular weight excluding hydrogens is 234 g/mol. The Morgan fingerprint density at radius 1 is 1.21 bits per heavy atom. The third kappa shape index (κ3) is 5.75. The third-order valence-corrected chi connectivity index (χ3v) is 3.50. The van der Waals surface area contributed by atoms with Crippen molar-refractivity contribution in [3.63, 3.8) is 0 Å². The summed E-state index contributed by atoms with van der Waals surface area (Å²) < 4.78 is 5.91. The monoisotopic (exact) mass is 261 g/mol. The van der Waals surface area contributed by atoms with Gasteiger partial charge in [0.05, 0.1) is 12.7 Å². The summed E-state index contributed by atoms with van der Waals surface area (Å²) in [6.45, 7) is 8.36. The zero-order chi connectivity index (χ0) is 13.7. The predicted octanol–water partition coefficient (Wildman–Crippen LogP) is 3.89. The number of nitrogens with one attached hydrogen (secondary N) is 1. The largest absolute Gasteiger partial charge is 0.374 e. The lowest BCUT2D eigenvalue weighted by Crippen LogP contribution is -2.15. The molecule has 1 aliphatic carbocycles. The lowest BCUT2D eigenvalue weighted by Gasteiger charge is -2.15. The average molecular weight is 261 g/mol. The smallest absolute Gasteiger partial charge is 0.0720 e. The molecule has 1 aromatic carbocycles. The van der Waals surface area contributed by atoms with Crippen LogP contribution in [0, 0.1) is 5.92 Å². The second kappa shape index (κ2) is 7.06. The fourth-order valence-electron chi connectivity index (χ4n) is 2.35. The molecule has 2 rings (SSSR count). The zero-order valence-electron chi connectivity index (χ0n) is 12.5. The van der Waals surface area contributed by atoms with Crippen LogP contribution in [0.3, 0.4) is 0 Å². The summed E-state index contributed by atoms with van der Waals surface area (Å²) >= 11 is 0. The van der Waals surface area contributed by atoms with Crippen LogP contribution in [0.2, 0.25) is 0 Å². The molecule has 0 heterocycles. The highest BCUT2D eigenvalue weighted by Gasteiger charge is 2.19. The fraction of sp³-hybridized carbons (Fsp3) is 0.647. The van der Waals surface area contributed by atoms with E-state index >= 15 is 0 Å². The number of hydrogen-bond acceptors (Lipinski definition) is 2. The number of ether oxygens (including phenoxy) is 1. The standard InChI is InChI=1S/C17H27NO/c1-13(2)9-14(3)19-12-16-6-4-5-15(10-16)11-18-17-7-8-17/h4-6,10,13-14,17-18H,7-9,11-12H2,1-3H3. The van der Waals surface area contributed by atoms with Gasteiger partial charge in [0.1, 0.15) is 0 Å². The van der Waals surface area contributed by atoms with E-state index in [1.807, 2.05) is 0 Å². The normalized spacial score (nSPS) is 16.8. The van der Waals surface area contributed by atoms with Crippen LogP contribution in [0.4, 0.5) is 0 Å². The van der Waals surface area contributed by atoms with Crippen LogP contribution in [0.5, 0.6) is 0 Å². The summed E-state index contributed by atoms with van der Waals surface area (Å²) in [5.74, 6) is 0.698. The molecule has 1 unspecified atom stereocenters. The van der Waals surface area contributed by atoms with Crippen molar-refractivity contribution in [3.8, 4) is 0 Å². The van der Waals surface area contributed by atoms with Crippen LogP contribution in [0.1, 0.15) is 51.2 Å². The van der Waals surface area contributed by atoms with Crippen LogP contribution in [0.25, 0.3) is 0 Å². The van der Waals surface area contributed by atoms with E-state index in [0.29, 0.717) is 12.0 Å². The highest BCUT2D eigenvalue weighted by atomic mass is 16.5. The molecule has 106 valence electrons. The van der Waals surface area contributed by atoms with Gasteiger partial charge in [-0.3, -0.25) is 0 Å². The van der Waals surface area contributed by atoms with E-state index < -0.39 is 0 Å². The van der Waals surface area contributed by atoms with Crippen LogP contribution in [0.15, 0.2) is 24.3 Å². The van der Waals surface area contributed by atoms with E-state index in [4.69, 9.17) is 4.74 Å². The highest BCUT2D eigenvalue weighted by molar-refractivity contribution is 5.23. The van der Waals surface area contributed by atoms with Gasteiger partial charge in [-0.25, -0.2) is 0 Å². The van der Waals surface area contributed by atoms with Crippen LogP contribution in [-0.2, 0) is 17.9 Å². The second-order valence-electron chi connectivity index (χ2n) is 6.23. The van der Waals surface area contributed by atoms with Gasteiger partial charge in [0.15, 0.2) is 0 Å². The average Bonchev–Trinajstić information content (AvgIpc) is 3.18. The predicted molar refractivity (Wildman–Crippen MR) is 80.0 cm³/mol. The van der Waals surface area contributed by atoms with Gasteiger partial charge >= 0.3 is 0 Å². The third-order valence-electron chi connectivity index (χ3n) is 3.50. The van der Waals surface area contributed by atoms with Gasteiger partial charge in [0.2, 0.25) is 0 Å². The highest BCUT2D eigenvalue weighted by Crippen LogP contribution is 2.19. The van der Waals surface area contributed by atoms with Crippen molar-refractivity contribution >= 4 is 0 Å². The van der Waals surface area contributed by atoms with E-state index in [1.54, 1.807) is 0 Å². The minimum absolute atomic E-state index is 0.341. The molecule has 0 spiro atoms. The molecule has 0 saturated heterocycles. The molecule has 1 N–H and O–H groups in total. The molecule has 0 amide bonds. The maximum absolute atomic E-state index is 5.91. The van der Waals surface area contributed by atoms with E-state index in [-0.39, 0.29) is 0 Å². The van der Waals surface area contributed by atoms with Gasteiger partial charge in [-0.2, -0.15) is 0 Å². The summed E-state index contributed by atoms with van der Waals surface area (Å²) in [6.07, 6.45) is 4.15. The zero-order valence-corrected chi connectivity index (χ0v) is 12.5. The van der Waals surface area contributed by atoms with Crippen LogP contribution >= 0.6 is 0 Å². The summed E-state index contributed by atoms with van der Waals surface area (Å²) in [6, 6.07) is 9.51. The Labute approximate surface area is 117 Å². The van der Waals surface area contributed by atoms with Crippen molar-refractivity contribution in [2.75, 3.05) is 0 Å². The van der Waals surface area contributed by atoms with Gasteiger partial charge in [-0.1, -0.05) is 38.1 Å². The van der Waals surface area contributed by atoms with Gasteiger partial charge in [-0.15, -0.1) is 0 Å². The Bertz CT molecular complexity index is 385. The van der Waals surface area contributed by atoms with Gasteiger partial charge in [-0.05, 0) is 43.2 Å². The second-order valence-corrected chi connectivity index (χ2v) is 6.23. The van der Waals surface area contributed by atoms with Crippen molar-refractivity contribution < 1.29 is 4.74 Å². The molecular formula is C17H27NO. The van der Waals surface area contributed by atoms with E-state index in [9.17, 15) is 0 Å². The molecule has 1 saturated carbocycles. The lowest BCUT2D eigenvalue weighted by molar-refractivity contribution is 0.0397. The molecule has 19 heavy (non-hydrogen) atoms. The van der Waals surface area contributed by atoms with Gasteiger partial charge < -0.3 is 10.1 Å². The summed E-state index contributed by atoms with van der Waals surface area (Å²) in [4.78, 5) is 0. The first kappa shape index (κ1) is 14.5. The molecule has 2 nitrogen and oxygen atoms in total.